The molecule has 2 aliphatic rings. The van der Waals surface area contributed by atoms with Crippen molar-refractivity contribution in [2.75, 3.05) is 45.3 Å². The van der Waals surface area contributed by atoms with E-state index in [1.54, 1.807) is 0 Å². The maximum Gasteiger partial charge on any atom is 0.305 e. The molecule has 1 fully saturated rings. The molecule has 1 N–H and O–H groups in total. The Hall–Kier alpha value is -1.77. The van der Waals surface area contributed by atoms with Crippen LogP contribution in [0.4, 0.5) is 5.82 Å². The lowest BCUT2D eigenvalue weighted by atomic mass is 9.97. The average molecular weight is 433 g/mol. The molecule has 164 valence electrons. The Morgan fingerprint density at radius 3 is 2.83 bits per heavy atom. The zero-order chi connectivity index (χ0) is 20.8. The molecule has 0 amide bonds. The van der Waals surface area contributed by atoms with E-state index in [2.05, 4.69) is 10.2 Å². The largest absolute Gasteiger partial charge is 0.469 e. The molecule has 0 unspecified atom stereocenters. The molecule has 2 aromatic rings. The number of thiophene rings is 1. The van der Waals surface area contributed by atoms with Crippen molar-refractivity contribution >= 4 is 33.3 Å². The number of ether oxygens (including phenoxy) is 2. The number of anilines is 1. The van der Waals surface area contributed by atoms with Gasteiger partial charge in [-0.1, -0.05) is 6.42 Å². The van der Waals surface area contributed by atoms with Gasteiger partial charge in [-0.2, -0.15) is 0 Å². The number of aryl methyl sites for hydroxylation is 2. The van der Waals surface area contributed by atoms with Crippen LogP contribution in [-0.4, -0.2) is 60.8 Å². The van der Waals surface area contributed by atoms with Crippen LogP contribution in [0.2, 0.25) is 0 Å². The molecular formula is C22H32N4O3S. The van der Waals surface area contributed by atoms with E-state index in [0.29, 0.717) is 6.42 Å². The molecule has 7 nitrogen and oxygen atoms in total. The number of fused-ring (bicyclic) bond motifs is 3. The number of rotatable bonds is 9. The number of carbonyl (C=O) groups is 1. The first-order valence-corrected chi connectivity index (χ1v) is 12.0. The zero-order valence-electron chi connectivity index (χ0n) is 17.9. The third kappa shape index (κ3) is 5.28. The normalized spacial score (nSPS) is 17.1. The SMILES string of the molecule is COC(=O)CCCCCNc1nc(CN2CCOCC2)nc2sc3c(c12)CCCC3. The molecule has 0 bridgehead atoms. The van der Waals surface area contributed by atoms with E-state index < -0.39 is 0 Å². The van der Waals surface area contributed by atoms with Gasteiger partial charge in [0.05, 0.1) is 32.3 Å². The van der Waals surface area contributed by atoms with Crippen molar-refractivity contribution in [1.82, 2.24) is 14.9 Å². The van der Waals surface area contributed by atoms with Gasteiger partial charge in [0.25, 0.3) is 0 Å². The summed E-state index contributed by atoms with van der Waals surface area (Å²) in [4.78, 5) is 26.2. The van der Waals surface area contributed by atoms with Crippen molar-refractivity contribution in [3.05, 3.63) is 16.3 Å². The average Bonchev–Trinajstić information content (AvgIpc) is 3.15. The van der Waals surface area contributed by atoms with Gasteiger partial charge in [-0.05, 0) is 44.1 Å². The summed E-state index contributed by atoms with van der Waals surface area (Å²) in [6.07, 6.45) is 8.20. The summed E-state index contributed by atoms with van der Waals surface area (Å²) < 4.78 is 10.2. The van der Waals surface area contributed by atoms with Gasteiger partial charge in [-0.15, -0.1) is 11.3 Å². The summed E-state index contributed by atoms with van der Waals surface area (Å²) in [5.74, 6) is 1.77. The molecule has 1 aliphatic carbocycles. The summed E-state index contributed by atoms with van der Waals surface area (Å²) in [5, 5.41) is 4.85. The summed E-state index contributed by atoms with van der Waals surface area (Å²) in [5.41, 5.74) is 1.47. The van der Waals surface area contributed by atoms with Gasteiger partial charge in [-0.3, -0.25) is 9.69 Å². The van der Waals surface area contributed by atoms with E-state index in [1.807, 2.05) is 11.3 Å². The molecule has 3 heterocycles. The van der Waals surface area contributed by atoms with Crippen molar-refractivity contribution in [3.63, 3.8) is 0 Å². The number of aromatic nitrogens is 2. The molecule has 0 saturated carbocycles. The van der Waals surface area contributed by atoms with Crippen LogP contribution in [0.3, 0.4) is 0 Å². The molecule has 1 aliphatic heterocycles. The Kier molecular flexibility index (Phi) is 7.52. The van der Waals surface area contributed by atoms with Crippen LogP contribution in [0.5, 0.6) is 0 Å². The van der Waals surface area contributed by atoms with Gasteiger partial charge in [0.2, 0.25) is 0 Å². The fourth-order valence-corrected chi connectivity index (χ4v) is 5.52. The van der Waals surface area contributed by atoms with Crippen LogP contribution in [0.1, 0.15) is 54.8 Å². The van der Waals surface area contributed by atoms with Crippen LogP contribution in [0, 0.1) is 0 Å². The number of nitrogens with one attached hydrogen (secondary N) is 1. The Morgan fingerprint density at radius 2 is 2.00 bits per heavy atom. The highest BCUT2D eigenvalue weighted by atomic mass is 32.1. The third-order valence-corrected chi connectivity index (χ3v) is 7.09. The molecule has 1 saturated heterocycles. The number of esters is 1. The maximum absolute atomic E-state index is 11.3. The second-order valence-corrected chi connectivity index (χ2v) is 9.17. The highest BCUT2D eigenvalue weighted by Gasteiger charge is 2.22. The molecule has 4 rings (SSSR count). The van der Waals surface area contributed by atoms with Gasteiger partial charge >= 0.3 is 5.97 Å². The molecule has 0 spiro atoms. The van der Waals surface area contributed by atoms with E-state index in [1.165, 1.54) is 42.2 Å². The number of nitrogens with zero attached hydrogens (tertiary/aromatic N) is 3. The fourth-order valence-electron chi connectivity index (χ4n) is 4.24. The quantitative estimate of drug-likeness (QED) is 0.480. The first kappa shape index (κ1) is 21.5. The first-order valence-electron chi connectivity index (χ1n) is 11.2. The van der Waals surface area contributed by atoms with Crippen molar-refractivity contribution < 1.29 is 14.3 Å². The number of hydrogen-bond donors (Lipinski definition) is 1. The number of hydrogen-bond acceptors (Lipinski definition) is 8. The predicted molar refractivity (Wildman–Crippen MR) is 119 cm³/mol. The fraction of sp³-hybridized carbons (Fsp3) is 0.682. The molecule has 8 heteroatoms. The van der Waals surface area contributed by atoms with E-state index in [0.717, 1.165) is 81.5 Å². The second kappa shape index (κ2) is 10.5. The summed E-state index contributed by atoms with van der Waals surface area (Å²) in [6, 6.07) is 0. The van der Waals surface area contributed by atoms with Crippen molar-refractivity contribution in [2.45, 2.75) is 57.9 Å². The molecule has 0 radical (unpaired) electrons. The van der Waals surface area contributed by atoms with Crippen LogP contribution < -0.4 is 5.32 Å². The minimum absolute atomic E-state index is 0.127. The molecule has 30 heavy (non-hydrogen) atoms. The standard InChI is InChI=1S/C22H32N4O3S/c1-28-19(27)9-3-2-6-10-23-21-20-16-7-4-5-8-17(16)30-22(20)25-18(24-21)15-26-11-13-29-14-12-26/h2-15H2,1H3,(H,23,24,25). The van der Waals surface area contributed by atoms with Gasteiger partial charge in [0.15, 0.2) is 0 Å². The smallest absolute Gasteiger partial charge is 0.305 e. The van der Waals surface area contributed by atoms with Gasteiger partial charge in [0, 0.05) is 30.9 Å². The number of morpholine rings is 1. The molecule has 0 atom stereocenters. The second-order valence-electron chi connectivity index (χ2n) is 8.08. The van der Waals surface area contributed by atoms with E-state index >= 15 is 0 Å². The monoisotopic (exact) mass is 432 g/mol. The third-order valence-electron chi connectivity index (χ3n) is 5.91. The lowest BCUT2D eigenvalue weighted by Crippen LogP contribution is -2.36. The van der Waals surface area contributed by atoms with Gasteiger partial charge in [0.1, 0.15) is 16.5 Å². The maximum atomic E-state index is 11.3. The molecule has 0 aromatic carbocycles. The first-order chi connectivity index (χ1) is 14.7. The van der Waals surface area contributed by atoms with Crippen LogP contribution in [0.25, 0.3) is 10.2 Å². The highest BCUT2D eigenvalue weighted by molar-refractivity contribution is 7.19. The van der Waals surface area contributed by atoms with Gasteiger partial charge in [-0.25, -0.2) is 9.97 Å². The van der Waals surface area contributed by atoms with Crippen molar-refractivity contribution in [2.24, 2.45) is 0 Å². The lowest BCUT2D eigenvalue weighted by molar-refractivity contribution is -0.140. The van der Waals surface area contributed by atoms with Crippen LogP contribution >= 0.6 is 11.3 Å². The van der Waals surface area contributed by atoms with Crippen LogP contribution in [-0.2, 0) is 33.7 Å². The summed E-state index contributed by atoms with van der Waals surface area (Å²) in [7, 11) is 1.44. The van der Waals surface area contributed by atoms with E-state index in [4.69, 9.17) is 19.4 Å². The minimum Gasteiger partial charge on any atom is -0.469 e. The Balaban J connectivity index is 1.47. The molecule has 2 aromatic heterocycles. The van der Waals surface area contributed by atoms with Crippen molar-refractivity contribution in [3.8, 4) is 0 Å². The van der Waals surface area contributed by atoms with Crippen LogP contribution in [0.15, 0.2) is 0 Å². The number of unbranched alkanes of at least 4 members (excludes halogenated alkanes) is 2. The Labute approximate surface area is 182 Å². The van der Waals surface area contributed by atoms with E-state index in [9.17, 15) is 4.79 Å². The lowest BCUT2D eigenvalue weighted by Gasteiger charge is -2.25. The van der Waals surface area contributed by atoms with Crippen molar-refractivity contribution in [1.29, 1.82) is 0 Å². The highest BCUT2D eigenvalue weighted by Crippen LogP contribution is 2.38. The molecular weight excluding hydrogens is 400 g/mol. The summed E-state index contributed by atoms with van der Waals surface area (Å²) >= 11 is 1.86. The van der Waals surface area contributed by atoms with E-state index in [-0.39, 0.29) is 5.97 Å². The Morgan fingerprint density at radius 1 is 1.17 bits per heavy atom. The van der Waals surface area contributed by atoms with Gasteiger partial charge < -0.3 is 14.8 Å². The topological polar surface area (TPSA) is 76.6 Å². The number of methoxy groups -OCH3 is 1. The summed E-state index contributed by atoms with van der Waals surface area (Å²) in [6.45, 7) is 5.07. The minimum atomic E-state index is -0.127. The number of carbonyl (C=O) groups excluding carboxylic acids is 1. The zero-order valence-corrected chi connectivity index (χ0v) is 18.7. The predicted octanol–water partition coefficient (Wildman–Crippen LogP) is 3.55. The Bertz CT molecular complexity index is 864.